The van der Waals surface area contributed by atoms with Crippen LogP contribution in [0, 0.1) is 0 Å². The second-order valence-corrected chi connectivity index (χ2v) is 1.56. The molecule has 7 heavy (non-hydrogen) atoms. The van der Waals surface area contributed by atoms with Gasteiger partial charge in [0.25, 0.3) is 0 Å². The minimum atomic E-state index is 0.674. The van der Waals surface area contributed by atoms with E-state index in [1.54, 1.807) is 0 Å². The minimum Gasteiger partial charge on any atom is -0.312 e. The van der Waals surface area contributed by atoms with Crippen molar-refractivity contribution >= 4 is 11.6 Å². The lowest BCUT2D eigenvalue weighted by atomic mass is 10.6. The molecule has 0 amide bonds. The van der Waals surface area contributed by atoms with Crippen LogP contribution in [0.4, 0.5) is 0 Å². The van der Waals surface area contributed by atoms with E-state index < -0.39 is 0 Å². The van der Waals surface area contributed by atoms with E-state index in [4.69, 9.17) is 11.6 Å². The molecule has 0 aromatic heterocycles. The maximum Gasteiger partial charge on any atom is 0.0348 e. The van der Waals surface area contributed by atoms with Crippen LogP contribution in [0.2, 0.25) is 0 Å². The van der Waals surface area contributed by atoms with Crippen LogP contribution in [0.15, 0.2) is 12.7 Å². The first kappa shape index (κ1) is 6.99. The molecule has 42 valence electrons. The summed E-state index contributed by atoms with van der Waals surface area (Å²) < 4.78 is 0. The van der Waals surface area contributed by atoms with Crippen LogP contribution in [0.5, 0.6) is 0 Å². The Bertz CT molecular complexity index is 45.3. The SMILES string of the molecule is C=CCNCCCl. The lowest BCUT2D eigenvalue weighted by molar-refractivity contribution is 0.804. The molecule has 0 atom stereocenters. The number of alkyl halides is 1. The summed E-state index contributed by atoms with van der Waals surface area (Å²) in [6, 6.07) is 0. The lowest BCUT2D eigenvalue weighted by Gasteiger charge is -1.92. The van der Waals surface area contributed by atoms with Crippen LogP contribution in [0.1, 0.15) is 0 Å². The third-order valence-corrected chi connectivity index (χ3v) is 0.749. The van der Waals surface area contributed by atoms with E-state index in [1.165, 1.54) is 0 Å². The van der Waals surface area contributed by atoms with Gasteiger partial charge in [-0.25, -0.2) is 0 Å². The molecule has 0 heterocycles. The molecule has 0 rings (SSSR count). The second kappa shape index (κ2) is 5.99. The van der Waals surface area contributed by atoms with Crippen molar-refractivity contribution in [1.82, 2.24) is 5.32 Å². The van der Waals surface area contributed by atoms with Crippen LogP contribution in [0.3, 0.4) is 0 Å². The van der Waals surface area contributed by atoms with Gasteiger partial charge in [-0.3, -0.25) is 0 Å². The Morgan fingerprint density at radius 1 is 1.71 bits per heavy atom. The summed E-state index contributed by atoms with van der Waals surface area (Å²) in [5.41, 5.74) is 0. The van der Waals surface area contributed by atoms with E-state index in [2.05, 4.69) is 11.9 Å². The van der Waals surface area contributed by atoms with E-state index in [9.17, 15) is 0 Å². The highest BCUT2D eigenvalue weighted by atomic mass is 35.5. The molecule has 2 heteroatoms. The Hall–Kier alpha value is -0.0100. The van der Waals surface area contributed by atoms with E-state index in [1.807, 2.05) is 6.08 Å². The predicted molar refractivity (Wildman–Crippen MR) is 33.8 cm³/mol. The largest absolute Gasteiger partial charge is 0.312 e. The summed E-state index contributed by atoms with van der Waals surface area (Å²) in [5, 5.41) is 3.03. The van der Waals surface area contributed by atoms with Gasteiger partial charge in [-0.2, -0.15) is 0 Å². The van der Waals surface area contributed by atoms with Crippen LogP contribution in [0.25, 0.3) is 0 Å². The van der Waals surface area contributed by atoms with Crippen molar-refractivity contribution in [1.29, 1.82) is 0 Å². The van der Waals surface area contributed by atoms with E-state index in [0.717, 1.165) is 13.1 Å². The quantitative estimate of drug-likeness (QED) is 0.331. The summed E-state index contributed by atoms with van der Waals surface area (Å²) in [6.45, 7) is 5.25. The summed E-state index contributed by atoms with van der Waals surface area (Å²) >= 11 is 5.34. The highest BCUT2D eigenvalue weighted by molar-refractivity contribution is 6.18. The summed E-state index contributed by atoms with van der Waals surface area (Å²) in [5.74, 6) is 0.674. The van der Waals surface area contributed by atoms with Crippen molar-refractivity contribution in [2.24, 2.45) is 0 Å². The first-order valence-corrected chi connectivity index (χ1v) is 2.83. The zero-order chi connectivity index (χ0) is 5.54. The summed E-state index contributed by atoms with van der Waals surface area (Å²) in [7, 11) is 0. The van der Waals surface area contributed by atoms with Gasteiger partial charge in [-0.05, 0) is 0 Å². The Morgan fingerprint density at radius 2 is 2.43 bits per heavy atom. The monoisotopic (exact) mass is 119 g/mol. The van der Waals surface area contributed by atoms with E-state index in [0.29, 0.717) is 5.88 Å². The third kappa shape index (κ3) is 5.99. The predicted octanol–water partition coefficient (Wildman–Crippen LogP) is 1.00. The smallest absolute Gasteiger partial charge is 0.0348 e. The summed E-state index contributed by atoms with van der Waals surface area (Å²) in [4.78, 5) is 0. The molecule has 0 saturated carbocycles. The van der Waals surface area contributed by atoms with Gasteiger partial charge in [0, 0.05) is 19.0 Å². The highest BCUT2D eigenvalue weighted by Gasteiger charge is 1.75. The fourth-order valence-electron chi connectivity index (χ4n) is 0.271. The molecule has 0 aliphatic heterocycles. The molecule has 0 aromatic rings. The van der Waals surface area contributed by atoms with Crippen LogP contribution < -0.4 is 5.32 Å². The van der Waals surface area contributed by atoms with Crippen molar-refractivity contribution < 1.29 is 0 Å². The fourth-order valence-corrected chi connectivity index (χ4v) is 0.405. The fraction of sp³-hybridized carbons (Fsp3) is 0.600. The zero-order valence-corrected chi connectivity index (χ0v) is 5.04. The van der Waals surface area contributed by atoms with Crippen molar-refractivity contribution in [3.05, 3.63) is 12.7 Å². The Morgan fingerprint density at radius 3 is 2.86 bits per heavy atom. The molecular formula is C5H10ClN. The average molecular weight is 120 g/mol. The molecule has 0 fully saturated rings. The molecule has 0 aromatic carbocycles. The van der Waals surface area contributed by atoms with Gasteiger partial charge >= 0.3 is 0 Å². The highest BCUT2D eigenvalue weighted by Crippen LogP contribution is 1.67. The Labute approximate surface area is 49.4 Å². The number of rotatable bonds is 4. The first-order chi connectivity index (χ1) is 3.41. The molecule has 0 aliphatic carbocycles. The van der Waals surface area contributed by atoms with Gasteiger partial charge in [0.15, 0.2) is 0 Å². The molecule has 0 saturated heterocycles. The maximum atomic E-state index is 5.34. The zero-order valence-electron chi connectivity index (χ0n) is 4.28. The second-order valence-electron chi connectivity index (χ2n) is 1.18. The van der Waals surface area contributed by atoms with E-state index >= 15 is 0 Å². The van der Waals surface area contributed by atoms with Crippen molar-refractivity contribution in [3.8, 4) is 0 Å². The summed E-state index contributed by atoms with van der Waals surface area (Å²) in [6.07, 6.45) is 1.81. The topological polar surface area (TPSA) is 12.0 Å². The van der Waals surface area contributed by atoms with Crippen molar-refractivity contribution in [2.45, 2.75) is 0 Å². The van der Waals surface area contributed by atoms with Gasteiger partial charge < -0.3 is 5.32 Å². The molecule has 0 bridgehead atoms. The molecule has 1 nitrogen and oxygen atoms in total. The Kier molecular flexibility index (Phi) is 5.98. The van der Waals surface area contributed by atoms with Gasteiger partial charge in [-0.15, -0.1) is 18.2 Å². The lowest BCUT2D eigenvalue weighted by Crippen LogP contribution is -2.15. The average Bonchev–Trinajstić information content (AvgIpc) is 1.69. The first-order valence-electron chi connectivity index (χ1n) is 2.29. The maximum absolute atomic E-state index is 5.34. The van der Waals surface area contributed by atoms with Gasteiger partial charge in [-0.1, -0.05) is 6.08 Å². The van der Waals surface area contributed by atoms with Gasteiger partial charge in [0.2, 0.25) is 0 Å². The molecular weight excluding hydrogens is 110 g/mol. The number of halogens is 1. The molecule has 0 radical (unpaired) electrons. The van der Waals surface area contributed by atoms with Crippen molar-refractivity contribution in [3.63, 3.8) is 0 Å². The van der Waals surface area contributed by atoms with E-state index in [-0.39, 0.29) is 0 Å². The molecule has 0 unspecified atom stereocenters. The number of hydrogen-bond acceptors (Lipinski definition) is 1. The van der Waals surface area contributed by atoms with Gasteiger partial charge in [0.05, 0.1) is 0 Å². The third-order valence-electron chi connectivity index (χ3n) is 0.560. The molecule has 0 spiro atoms. The molecule has 1 N–H and O–H groups in total. The van der Waals surface area contributed by atoms with Crippen LogP contribution >= 0.6 is 11.6 Å². The molecule has 0 aliphatic rings. The van der Waals surface area contributed by atoms with Gasteiger partial charge in [0.1, 0.15) is 0 Å². The van der Waals surface area contributed by atoms with Crippen molar-refractivity contribution in [2.75, 3.05) is 19.0 Å². The number of nitrogens with one attached hydrogen (secondary N) is 1. The normalized spacial score (nSPS) is 8.71. The van der Waals surface area contributed by atoms with Crippen LogP contribution in [-0.2, 0) is 0 Å². The van der Waals surface area contributed by atoms with Crippen LogP contribution in [-0.4, -0.2) is 19.0 Å². The minimum absolute atomic E-state index is 0.674. The number of hydrogen-bond donors (Lipinski definition) is 1. The Balaban J connectivity index is 2.56. The standard InChI is InChI=1S/C5H10ClN/c1-2-4-7-5-3-6/h2,7H,1,3-5H2.